The summed E-state index contributed by atoms with van der Waals surface area (Å²) in [6, 6.07) is 9.73. The van der Waals surface area contributed by atoms with Crippen LogP contribution in [0.3, 0.4) is 0 Å². The molecule has 2 amide bonds. The SMILES string of the molecule is Cc1cc(NC(=O)C2CC2C(=O)NCCc2c[nH]c3ccccc23)no1. The monoisotopic (exact) mass is 352 g/mol. The van der Waals surface area contributed by atoms with Crippen molar-refractivity contribution in [3.63, 3.8) is 0 Å². The van der Waals surface area contributed by atoms with Crippen LogP contribution in [0.25, 0.3) is 10.9 Å². The fraction of sp³-hybridized carbons (Fsp3) is 0.316. The Balaban J connectivity index is 1.25. The van der Waals surface area contributed by atoms with Gasteiger partial charge in [0, 0.05) is 29.7 Å². The maximum atomic E-state index is 12.2. The van der Waals surface area contributed by atoms with Gasteiger partial charge >= 0.3 is 0 Å². The van der Waals surface area contributed by atoms with Crippen molar-refractivity contribution in [2.75, 3.05) is 11.9 Å². The van der Waals surface area contributed by atoms with Crippen molar-refractivity contribution in [1.29, 1.82) is 0 Å². The molecule has 0 radical (unpaired) electrons. The third kappa shape index (κ3) is 3.33. The molecule has 1 saturated carbocycles. The summed E-state index contributed by atoms with van der Waals surface area (Å²) in [4.78, 5) is 27.6. The standard InChI is InChI=1S/C19H20N4O3/c1-11-8-17(23-26-11)22-19(25)15-9-14(15)18(24)20-7-6-12-10-21-16-5-3-2-4-13(12)16/h2-5,8,10,14-15,21H,6-7,9H2,1H3,(H,20,24)(H,22,23,25). The van der Waals surface area contributed by atoms with Gasteiger partial charge in [-0.05, 0) is 31.4 Å². The second kappa shape index (κ2) is 6.67. The van der Waals surface area contributed by atoms with Gasteiger partial charge in [-0.1, -0.05) is 23.4 Å². The van der Waals surface area contributed by atoms with Gasteiger partial charge in [0.05, 0.1) is 11.8 Å². The Bertz CT molecular complexity index is 959. The van der Waals surface area contributed by atoms with Crippen LogP contribution in [0, 0.1) is 18.8 Å². The van der Waals surface area contributed by atoms with Crippen molar-refractivity contribution in [3.8, 4) is 0 Å². The Hall–Kier alpha value is -3.09. The van der Waals surface area contributed by atoms with Crippen molar-refractivity contribution >= 4 is 28.5 Å². The number of aromatic amines is 1. The molecule has 26 heavy (non-hydrogen) atoms. The van der Waals surface area contributed by atoms with Gasteiger partial charge in [0.15, 0.2) is 5.82 Å². The largest absolute Gasteiger partial charge is 0.361 e. The van der Waals surface area contributed by atoms with Gasteiger partial charge in [-0.25, -0.2) is 0 Å². The Morgan fingerprint density at radius 1 is 1.27 bits per heavy atom. The molecular formula is C19H20N4O3. The number of para-hydroxylation sites is 1. The van der Waals surface area contributed by atoms with Crippen LogP contribution in [0.5, 0.6) is 0 Å². The zero-order valence-corrected chi connectivity index (χ0v) is 14.4. The summed E-state index contributed by atoms with van der Waals surface area (Å²) in [5.74, 6) is 0.211. The minimum absolute atomic E-state index is 0.0682. The Morgan fingerprint density at radius 3 is 2.88 bits per heavy atom. The molecule has 3 N–H and O–H groups in total. The second-order valence-electron chi connectivity index (χ2n) is 6.66. The predicted molar refractivity (Wildman–Crippen MR) is 96.5 cm³/mol. The first kappa shape index (κ1) is 16.4. The molecule has 1 aliphatic rings. The molecule has 0 bridgehead atoms. The number of carbonyl (C=O) groups is 2. The molecule has 0 saturated heterocycles. The third-order valence-electron chi connectivity index (χ3n) is 4.71. The summed E-state index contributed by atoms with van der Waals surface area (Å²) in [6.45, 7) is 2.30. The predicted octanol–water partition coefficient (Wildman–Crippen LogP) is 2.40. The van der Waals surface area contributed by atoms with Crippen LogP contribution in [0.4, 0.5) is 5.82 Å². The lowest BCUT2D eigenvalue weighted by Crippen LogP contribution is -2.29. The lowest BCUT2D eigenvalue weighted by molar-refractivity contribution is -0.125. The zero-order valence-electron chi connectivity index (χ0n) is 14.4. The van der Waals surface area contributed by atoms with Gasteiger partial charge in [0.1, 0.15) is 5.76 Å². The van der Waals surface area contributed by atoms with Crippen molar-refractivity contribution < 1.29 is 14.1 Å². The molecule has 134 valence electrons. The summed E-state index contributed by atoms with van der Waals surface area (Å²) in [5.41, 5.74) is 2.27. The maximum Gasteiger partial charge on any atom is 0.229 e. The fourth-order valence-corrected chi connectivity index (χ4v) is 3.21. The number of carbonyl (C=O) groups excluding carboxylic acids is 2. The number of hydrogen-bond donors (Lipinski definition) is 3. The van der Waals surface area contributed by atoms with E-state index < -0.39 is 0 Å². The number of anilines is 1. The number of nitrogens with zero attached hydrogens (tertiary/aromatic N) is 1. The van der Waals surface area contributed by atoms with Gasteiger partial charge in [0.25, 0.3) is 0 Å². The number of amides is 2. The number of nitrogens with one attached hydrogen (secondary N) is 3. The van der Waals surface area contributed by atoms with Crippen LogP contribution in [-0.2, 0) is 16.0 Å². The molecule has 1 aromatic carbocycles. The van der Waals surface area contributed by atoms with Gasteiger partial charge in [-0.15, -0.1) is 0 Å². The normalized spacial score (nSPS) is 18.7. The highest BCUT2D eigenvalue weighted by Crippen LogP contribution is 2.39. The molecule has 4 rings (SSSR count). The van der Waals surface area contributed by atoms with Crippen LogP contribution >= 0.6 is 0 Å². The fourth-order valence-electron chi connectivity index (χ4n) is 3.21. The highest BCUT2D eigenvalue weighted by atomic mass is 16.5. The van der Waals surface area contributed by atoms with Crippen molar-refractivity contribution in [2.45, 2.75) is 19.8 Å². The average Bonchev–Trinajstić information content (AvgIpc) is 3.20. The molecule has 2 atom stereocenters. The first-order valence-corrected chi connectivity index (χ1v) is 8.68. The summed E-state index contributed by atoms with van der Waals surface area (Å²) in [7, 11) is 0. The number of aromatic nitrogens is 2. The van der Waals surface area contributed by atoms with E-state index in [9.17, 15) is 9.59 Å². The number of benzene rings is 1. The quantitative estimate of drug-likeness (QED) is 0.634. The van der Waals surface area contributed by atoms with Gasteiger partial charge in [-0.2, -0.15) is 0 Å². The molecule has 0 aliphatic heterocycles. The molecule has 2 heterocycles. The topological polar surface area (TPSA) is 100 Å². The number of fused-ring (bicyclic) bond motifs is 1. The lowest BCUT2D eigenvalue weighted by atomic mass is 10.1. The summed E-state index contributed by atoms with van der Waals surface area (Å²) < 4.78 is 4.91. The van der Waals surface area contributed by atoms with E-state index in [0.29, 0.717) is 24.5 Å². The Morgan fingerprint density at radius 2 is 2.08 bits per heavy atom. The van der Waals surface area contributed by atoms with Gasteiger partial charge < -0.3 is 20.1 Å². The van der Waals surface area contributed by atoms with E-state index >= 15 is 0 Å². The third-order valence-corrected chi connectivity index (χ3v) is 4.71. The minimum Gasteiger partial charge on any atom is -0.361 e. The number of rotatable bonds is 6. The van der Waals surface area contributed by atoms with Crippen LogP contribution in [0.2, 0.25) is 0 Å². The number of hydrogen-bond acceptors (Lipinski definition) is 4. The molecular weight excluding hydrogens is 332 g/mol. The smallest absolute Gasteiger partial charge is 0.229 e. The molecule has 2 aromatic heterocycles. The molecule has 7 heteroatoms. The highest BCUT2D eigenvalue weighted by molar-refractivity contribution is 5.99. The first-order valence-electron chi connectivity index (χ1n) is 8.68. The molecule has 1 aliphatic carbocycles. The van der Waals surface area contributed by atoms with Crippen molar-refractivity contribution in [1.82, 2.24) is 15.5 Å². The van der Waals surface area contributed by atoms with E-state index in [4.69, 9.17) is 4.52 Å². The molecule has 2 unspecified atom stereocenters. The van der Waals surface area contributed by atoms with E-state index in [1.807, 2.05) is 24.4 Å². The summed E-state index contributed by atoms with van der Waals surface area (Å²) in [5, 5.41) is 10.5. The second-order valence-corrected chi connectivity index (χ2v) is 6.66. The molecule has 1 fully saturated rings. The number of H-pyrrole nitrogens is 1. The van der Waals surface area contributed by atoms with E-state index in [-0.39, 0.29) is 23.7 Å². The van der Waals surface area contributed by atoms with E-state index in [0.717, 1.165) is 11.9 Å². The zero-order chi connectivity index (χ0) is 18.1. The van der Waals surface area contributed by atoms with Crippen molar-refractivity contribution in [3.05, 3.63) is 47.9 Å². The van der Waals surface area contributed by atoms with E-state index in [1.54, 1.807) is 13.0 Å². The Labute approximate surface area is 150 Å². The van der Waals surface area contributed by atoms with Crippen LogP contribution < -0.4 is 10.6 Å². The van der Waals surface area contributed by atoms with Crippen LogP contribution in [0.1, 0.15) is 17.7 Å². The van der Waals surface area contributed by atoms with Crippen LogP contribution in [0.15, 0.2) is 41.1 Å². The van der Waals surface area contributed by atoms with Crippen molar-refractivity contribution in [2.24, 2.45) is 11.8 Å². The summed E-state index contributed by atoms with van der Waals surface area (Å²) in [6.07, 6.45) is 3.29. The molecule has 3 aromatic rings. The minimum atomic E-state index is -0.292. The molecule has 7 nitrogen and oxygen atoms in total. The average molecular weight is 352 g/mol. The first-order chi connectivity index (χ1) is 12.6. The van der Waals surface area contributed by atoms with Gasteiger partial charge in [-0.3, -0.25) is 9.59 Å². The van der Waals surface area contributed by atoms with Crippen LogP contribution in [-0.4, -0.2) is 28.5 Å². The highest BCUT2D eigenvalue weighted by Gasteiger charge is 2.48. The summed E-state index contributed by atoms with van der Waals surface area (Å²) >= 11 is 0. The lowest BCUT2D eigenvalue weighted by Gasteiger charge is -2.05. The van der Waals surface area contributed by atoms with E-state index in [1.165, 1.54) is 10.9 Å². The number of aryl methyl sites for hydroxylation is 1. The van der Waals surface area contributed by atoms with Gasteiger partial charge in [0.2, 0.25) is 11.8 Å². The van der Waals surface area contributed by atoms with E-state index in [2.05, 4.69) is 26.8 Å². The maximum absolute atomic E-state index is 12.2. The molecule has 0 spiro atoms. The Kier molecular flexibility index (Phi) is 4.20.